The van der Waals surface area contributed by atoms with Crippen LogP contribution in [0.5, 0.6) is 0 Å². The van der Waals surface area contributed by atoms with Crippen LogP contribution in [0.15, 0.2) is 125 Å². The molecule has 0 atom stereocenters. The molecule has 204 valence electrons. The third kappa shape index (κ3) is 6.38. The van der Waals surface area contributed by atoms with Crippen LogP contribution in [0.3, 0.4) is 0 Å². The van der Waals surface area contributed by atoms with Gasteiger partial charge in [0.2, 0.25) is 5.89 Å². The molecule has 0 saturated heterocycles. The Morgan fingerprint density at radius 1 is 0.732 bits per heavy atom. The fraction of sp³-hybridized carbons (Fsp3) is 0.189. The van der Waals surface area contributed by atoms with Gasteiger partial charge in [-0.25, -0.2) is 4.98 Å². The number of amides is 1. The maximum atomic E-state index is 12.9. The summed E-state index contributed by atoms with van der Waals surface area (Å²) in [5, 5.41) is 3.08. The molecule has 41 heavy (non-hydrogen) atoms. The maximum Gasteiger partial charge on any atom is 0.251 e. The number of nitrogens with one attached hydrogen (secondary N) is 1. The van der Waals surface area contributed by atoms with Gasteiger partial charge in [0.1, 0.15) is 5.69 Å². The van der Waals surface area contributed by atoms with E-state index in [0.29, 0.717) is 18.0 Å². The number of rotatable bonds is 9. The number of hydrogen-bond donors (Lipinski definition) is 1. The molecule has 0 fully saturated rings. The minimum Gasteiger partial charge on any atom is -0.436 e. The number of oxazole rings is 1. The van der Waals surface area contributed by atoms with E-state index in [2.05, 4.69) is 47.8 Å². The van der Waals surface area contributed by atoms with Gasteiger partial charge < -0.3 is 9.73 Å². The molecule has 0 bridgehead atoms. The van der Waals surface area contributed by atoms with Gasteiger partial charge in [0.05, 0.1) is 0 Å². The van der Waals surface area contributed by atoms with Gasteiger partial charge in [-0.1, -0.05) is 109 Å². The van der Waals surface area contributed by atoms with Crippen LogP contribution in [0.25, 0.3) is 28.2 Å². The Kier molecular flexibility index (Phi) is 8.18. The summed E-state index contributed by atoms with van der Waals surface area (Å²) >= 11 is 0. The minimum atomic E-state index is -0.0339. The normalized spacial score (nSPS) is 13.3. The molecule has 0 saturated carbocycles. The molecule has 4 heteroatoms. The van der Waals surface area contributed by atoms with Crippen molar-refractivity contribution >= 4 is 11.5 Å². The third-order valence-corrected chi connectivity index (χ3v) is 7.70. The molecule has 0 aliphatic heterocycles. The van der Waals surface area contributed by atoms with Gasteiger partial charge in [-0.05, 0) is 61.8 Å². The van der Waals surface area contributed by atoms with Crippen molar-refractivity contribution in [3.63, 3.8) is 0 Å². The molecular weight excluding hydrogens is 504 g/mol. The van der Waals surface area contributed by atoms with Gasteiger partial charge in [-0.15, -0.1) is 0 Å². The van der Waals surface area contributed by atoms with Crippen molar-refractivity contribution in [3.8, 4) is 22.6 Å². The van der Waals surface area contributed by atoms with Crippen LogP contribution >= 0.6 is 0 Å². The van der Waals surface area contributed by atoms with Crippen LogP contribution in [0.2, 0.25) is 0 Å². The highest BCUT2D eigenvalue weighted by atomic mass is 16.4. The van der Waals surface area contributed by atoms with Crippen LogP contribution in [0, 0.1) is 0 Å². The zero-order chi connectivity index (χ0) is 27.9. The molecule has 0 unspecified atom stereocenters. The maximum absolute atomic E-state index is 12.9. The van der Waals surface area contributed by atoms with E-state index in [4.69, 9.17) is 9.40 Å². The fourth-order valence-electron chi connectivity index (χ4n) is 5.58. The largest absolute Gasteiger partial charge is 0.436 e. The molecule has 0 spiro atoms. The average molecular weight is 539 g/mol. The quantitative estimate of drug-likeness (QED) is 0.205. The second-order valence-corrected chi connectivity index (χ2v) is 10.6. The van der Waals surface area contributed by atoms with Crippen LogP contribution in [0.1, 0.15) is 53.1 Å². The third-order valence-electron chi connectivity index (χ3n) is 7.70. The molecular formula is C37H34N2O2. The number of hydrogen-bond acceptors (Lipinski definition) is 3. The van der Waals surface area contributed by atoms with Crippen molar-refractivity contribution in [2.45, 2.75) is 38.5 Å². The smallest absolute Gasteiger partial charge is 0.251 e. The summed E-state index contributed by atoms with van der Waals surface area (Å²) in [6.45, 7) is 0.611. The standard InChI is InChI=1S/C37H34N2O2/c40-36(38-24-23-27-13-4-1-5-14-27)32-21-12-15-28(26-32)25-31-20-10-11-22-33(31)37-39-34(29-16-6-2-7-17-29)35(41-37)30-18-8-3-9-19-30/h1-9,12-19,21,26H,10-11,20,22-25H2,(H,38,40). The highest BCUT2D eigenvalue weighted by Crippen LogP contribution is 2.39. The fourth-order valence-corrected chi connectivity index (χ4v) is 5.58. The van der Waals surface area contributed by atoms with Crippen molar-refractivity contribution in [2.24, 2.45) is 0 Å². The summed E-state index contributed by atoms with van der Waals surface area (Å²) in [6.07, 6.45) is 5.81. The van der Waals surface area contributed by atoms with E-state index < -0.39 is 0 Å². The molecule has 1 heterocycles. The lowest BCUT2D eigenvalue weighted by Crippen LogP contribution is -2.25. The van der Waals surface area contributed by atoms with Gasteiger partial charge >= 0.3 is 0 Å². The Balaban J connectivity index is 1.25. The van der Waals surface area contributed by atoms with Gasteiger partial charge in [0, 0.05) is 28.8 Å². The molecule has 6 rings (SSSR count). The van der Waals surface area contributed by atoms with E-state index in [1.165, 1.54) is 16.7 Å². The SMILES string of the molecule is O=C(NCCc1ccccc1)c1cccc(CC2=C(c3nc(-c4ccccc4)c(-c4ccccc4)o3)CCCC2)c1. The minimum absolute atomic E-state index is 0.0339. The zero-order valence-corrected chi connectivity index (χ0v) is 23.2. The molecule has 0 radical (unpaired) electrons. The Morgan fingerprint density at radius 2 is 1.39 bits per heavy atom. The topological polar surface area (TPSA) is 55.1 Å². The first kappa shape index (κ1) is 26.5. The van der Waals surface area contributed by atoms with Gasteiger partial charge in [0.25, 0.3) is 5.91 Å². The Bertz CT molecular complexity index is 1580. The number of aromatic nitrogens is 1. The molecule has 4 aromatic carbocycles. The molecule has 1 aliphatic rings. The lowest BCUT2D eigenvalue weighted by Gasteiger charge is -2.19. The van der Waals surface area contributed by atoms with Crippen LogP contribution in [0.4, 0.5) is 0 Å². The van der Waals surface area contributed by atoms with Crippen molar-refractivity contribution in [2.75, 3.05) is 6.54 Å². The van der Waals surface area contributed by atoms with E-state index >= 15 is 0 Å². The van der Waals surface area contributed by atoms with Crippen LogP contribution in [-0.2, 0) is 12.8 Å². The van der Waals surface area contributed by atoms with Crippen molar-refractivity contribution in [1.82, 2.24) is 10.3 Å². The van der Waals surface area contributed by atoms with Crippen molar-refractivity contribution in [3.05, 3.63) is 143 Å². The van der Waals surface area contributed by atoms with Gasteiger partial charge in [-0.3, -0.25) is 4.79 Å². The molecule has 1 aromatic heterocycles. The number of allylic oxidation sites excluding steroid dienone is 2. The molecule has 5 aromatic rings. The van der Waals surface area contributed by atoms with E-state index in [-0.39, 0.29) is 5.91 Å². The zero-order valence-electron chi connectivity index (χ0n) is 23.2. The van der Waals surface area contributed by atoms with Crippen molar-refractivity contribution in [1.29, 1.82) is 0 Å². The summed E-state index contributed by atoms with van der Waals surface area (Å²) in [4.78, 5) is 18.0. The molecule has 1 amide bonds. The van der Waals surface area contributed by atoms with E-state index in [0.717, 1.165) is 66.7 Å². The first-order valence-electron chi connectivity index (χ1n) is 14.5. The van der Waals surface area contributed by atoms with E-state index in [9.17, 15) is 4.79 Å². The van der Waals surface area contributed by atoms with Gasteiger partial charge in [-0.2, -0.15) is 0 Å². The number of benzene rings is 4. The van der Waals surface area contributed by atoms with E-state index in [1.807, 2.05) is 72.8 Å². The Morgan fingerprint density at radius 3 is 2.15 bits per heavy atom. The summed E-state index contributed by atoms with van der Waals surface area (Å²) < 4.78 is 6.57. The van der Waals surface area contributed by atoms with Crippen LogP contribution < -0.4 is 5.32 Å². The summed E-state index contributed by atoms with van der Waals surface area (Å²) in [7, 11) is 0. The lowest BCUT2D eigenvalue weighted by molar-refractivity contribution is 0.0954. The Labute approximate surface area is 241 Å². The number of nitrogens with zero attached hydrogens (tertiary/aromatic N) is 1. The molecule has 4 nitrogen and oxygen atoms in total. The average Bonchev–Trinajstić information content (AvgIpc) is 3.48. The highest BCUT2D eigenvalue weighted by molar-refractivity contribution is 5.94. The monoisotopic (exact) mass is 538 g/mol. The summed E-state index contributed by atoms with van der Waals surface area (Å²) in [6, 6.07) is 38.7. The summed E-state index contributed by atoms with van der Waals surface area (Å²) in [5.41, 5.74) is 8.54. The van der Waals surface area contributed by atoms with Crippen molar-refractivity contribution < 1.29 is 9.21 Å². The Hall–Kier alpha value is -4.70. The lowest BCUT2D eigenvalue weighted by atomic mass is 9.87. The molecule has 1 aliphatic carbocycles. The first-order chi connectivity index (χ1) is 20.2. The predicted octanol–water partition coefficient (Wildman–Crippen LogP) is 8.55. The second kappa shape index (κ2) is 12.6. The highest BCUT2D eigenvalue weighted by Gasteiger charge is 2.23. The predicted molar refractivity (Wildman–Crippen MR) is 165 cm³/mol. The number of carbonyl (C=O) groups excluding carboxylic acids is 1. The first-order valence-corrected chi connectivity index (χ1v) is 14.5. The van der Waals surface area contributed by atoms with E-state index in [1.54, 1.807) is 0 Å². The summed E-state index contributed by atoms with van der Waals surface area (Å²) in [5.74, 6) is 1.49. The second-order valence-electron chi connectivity index (χ2n) is 10.6. The molecule has 1 N–H and O–H groups in total. The number of carbonyl (C=O) groups is 1. The van der Waals surface area contributed by atoms with Crippen LogP contribution in [-0.4, -0.2) is 17.4 Å². The van der Waals surface area contributed by atoms with Gasteiger partial charge in [0.15, 0.2) is 5.76 Å².